The largest absolute Gasteiger partial charge is 0.354 e. The van der Waals surface area contributed by atoms with E-state index in [1.54, 1.807) is 12.3 Å². The molecule has 1 aliphatic rings. The fourth-order valence-corrected chi connectivity index (χ4v) is 3.66. The smallest absolute Gasteiger partial charge is 0.277 e. The van der Waals surface area contributed by atoms with Crippen LogP contribution >= 0.6 is 11.6 Å². The Morgan fingerprint density at radius 1 is 1.18 bits per heavy atom. The number of aromatic nitrogens is 2. The van der Waals surface area contributed by atoms with Crippen molar-refractivity contribution >= 4 is 29.1 Å². The van der Waals surface area contributed by atoms with Crippen molar-refractivity contribution in [2.75, 3.05) is 16.8 Å². The van der Waals surface area contributed by atoms with Crippen LogP contribution in [-0.2, 0) is 12.8 Å². The Morgan fingerprint density at radius 3 is 2.79 bits per heavy atom. The van der Waals surface area contributed by atoms with Crippen LogP contribution in [0.1, 0.15) is 28.5 Å². The fraction of sp³-hybridized carbons (Fsp3) is 0.227. The Balaban J connectivity index is 1.45. The zero-order chi connectivity index (χ0) is 19.5. The third-order valence-electron chi connectivity index (χ3n) is 4.91. The lowest BCUT2D eigenvalue weighted by molar-refractivity contribution is 0.0976. The molecule has 2 heterocycles. The minimum absolute atomic E-state index is 0.0967. The highest BCUT2D eigenvalue weighted by Gasteiger charge is 2.31. The standard InChI is InChI=1S/C22H21ClN4O/c1-15-14-17-4-2-3-5-20(17)27(15)21(28)19-11-13-25-22(26-19)24-12-10-16-6-8-18(23)9-7-16/h2-9,11,13,15H,10,12,14H2,1H3,(H,24,25,26). The molecule has 0 aliphatic carbocycles. The van der Waals surface area contributed by atoms with E-state index in [-0.39, 0.29) is 11.9 Å². The number of nitrogens with one attached hydrogen (secondary N) is 1. The van der Waals surface area contributed by atoms with Crippen molar-refractivity contribution in [1.29, 1.82) is 0 Å². The summed E-state index contributed by atoms with van der Waals surface area (Å²) >= 11 is 5.91. The molecule has 1 aliphatic heterocycles. The second kappa shape index (κ2) is 7.98. The number of para-hydroxylation sites is 1. The van der Waals surface area contributed by atoms with Crippen molar-refractivity contribution in [1.82, 2.24) is 9.97 Å². The molecule has 1 N–H and O–H groups in total. The van der Waals surface area contributed by atoms with E-state index in [2.05, 4.69) is 28.3 Å². The lowest BCUT2D eigenvalue weighted by atomic mass is 10.1. The normalized spacial score (nSPS) is 15.4. The molecule has 0 spiro atoms. The number of halogens is 1. The van der Waals surface area contributed by atoms with Crippen LogP contribution in [0.2, 0.25) is 5.02 Å². The van der Waals surface area contributed by atoms with Gasteiger partial charge in [-0.2, -0.15) is 0 Å². The molecular weight excluding hydrogens is 372 g/mol. The van der Waals surface area contributed by atoms with Gasteiger partial charge in [-0.25, -0.2) is 9.97 Å². The number of carbonyl (C=O) groups excluding carboxylic acids is 1. The summed E-state index contributed by atoms with van der Waals surface area (Å²) in [5.74, 6) is 0.362. The van der Waals surface area contributed by atoms with Gasteiger partial charge in [0.1, 0.15) is 5.69 Å². The van der Waals surface area contributed by atoms with Crippen LogP contribution in [-0.4, -0.2) is 28.5 Å². The number of hydrogen-bond acceptors (Lipinski definition) is 4. The maximum atomic E-state index is 13.1. The number of anilines is 2. The van der Waals surface area contributed by atoms with E-state index in [1.165, 1.54) is 11.1 Å². The highest BCUT2D eigenvalue weighted by Crippen LogP contribution is 2.32. The number of amides is 1. The van der Waals surface area contributed by atoms with Crippen LogP contribution in [0.25, 0.3) is 0 Å². The monoisotopic (exact) mass is 392 g/mol. The second-order valence-electron chi connectivity index (χ2n) is 6.93. The minimum atomic E-state index is -0.0967. The van der Waals surface area contributed by atoms with E-state index in [0.29, 0.717) is 18.2 Å². The maximum Gasteiger partial charge on any atom is 0.277 e. The highest BCUT2D eigenvalue weighted by atomic mass is 35.5. The summed E-state index contributed by atoms with van der Waals surface area (Å²) in [5, 5.41) is 3.92. The molecular formula is C22H21ClN4O. The first-order valence-electron chi connectivity index (χ1n) is 9.34. The molecule has 1 unspecified atom stereocenters. The Kier molecular flexibility index (Phi) is 5.26. The second-order valence-corrected chi connectivity index (χ2v) is 7.36. The molecule has 0 radical (unpaired) electrons. The summed E-state index contributed by atoms with van der Waals surface area (Å²) in [4.78, 5) is 23.6. The number of fused-ring (bicyclic) bond motifs is 1. The molecule has 0 saturated carbocycles. The van der Waals surface area contributed by atoms with E-state index in [9.17, 15) is 4.79 Å². The quantitative estimate of drug-likeness (QED) is 0.700. The third kappa shape index (κ3) is 3.85. The average Bonchev–Trinajstić information content (AvgIpc) is 3.05. The van der Waals surface area contributed by atoms with E-state index >= 15 is 0 Å². The van der Waals surface area contributed by atoms with Gasteiger partial charge in [-0.3, -0.25) is 4.79 Å². The molecule has 0 saturated heterocycles. The predicted molar refractivity (Wildman–Crippen MR) is 112 cm³/mol. The predicted octanol–water partition coefficient (Wildman–Crippen LogP) is 4.38. The molecule has 6 heteroatoms. The molecule has 1 amide bonds. The Hall–Kier alpha value is -2.92. The summed E-state index contributed by atoms with van der Waals surface area (Å²) in [7, 11) is 0. The lowest BCUT2D eigenvalue weighted by Crippen LogP contribution is -2.36. The van der Waals surface area contributed by atoms with Gasteiger partial charge in [-0.1, -0.05) is 41.9 Å². The molecule has 0 fully saturated rings. The molecule has 5 nitrogen and oxygen atoms in total. The molecule has 4 rings (SSSR count). The molecule has 28 heavy (non-hydrogen) atoms. The van der Waals surface area contributed by atoms with E-state index in [1.807, 2.05) is 47.4 Å². The fourth-order valence-electron chi connectivity index (χ4n) is 3.53. The molecule has 1 atom stereocenters. The van der Waals surface area contributed by atoms with E-state index < -0.39 is 0 Å². The van der Waals surface area contributed by atoms with Crippen LogP contribution < -0.4 is 10.2 Å². The number of benzene rings is 2. The van der Waals surface area contributed by atoms with Gasteiger partial charge in [0.2, 0.25) is 5.95 Å². The molecule has 2 aromatic carbocycles. The van der Waals surface area contributed by atoms with Crippen molar-refractivity contribution in [2.24, 2.45) is 0 Å². The van der Waals surface area contributed by atoms with Gasteiger partial charge in [-0.05, 0) is 55.2 Å². The van der Waals surface area contributed by atoms with Gasteiger partial charge in [0.15, 0.2) is 0 Å². The van der Waals surface area contributed by atoms with Crippen molar-refractivity contribution in [2.45, 2.75) is 25.8 Å². The van der Waals surface area contributed by atoms with Gasteiger partial charge < -0.3 is 10.2 Å². The van der Waals surface area contributed by atoms with Crippen LogP contribution in [0, 0.1) is 0 Å². The summed E-state index contributed by atoms with van der Waals surface area (Å²) in [6, 6.07) is 17.6. The lowest BCUT2D eigenvalue weighted by Gasteiger charge is -2.22. The number of nitrogens with zero attached hydrogens (tertiary/aromatic N) is 3. The van der Waals surface area contributed by atoms with Crippen molar-refractivity contribution in [3.05, 3.63) is 82.6 Å². The van der Waals surface area contributed by atoms with Crippen molar-refractivity contribution in [3.63, 3.8) is 0 Å². The SMILES string of the molecule is CC1Cc2ccccc2N1C(=O)c1ccnc(NCCc2ccc(Cl)cc2)n1. The number of hydrogen-bond donors (Lipinski definition) is 1. The van der Waals surface area contributed by atoms with Crippen molar-refractivity contribution < 1.29 is 4.79 Å². The number of carbonyl (C=O) groups is 1. The zero-order valence-corrected chi connectivity index (χ0v) is 16.4. The van der Waals surface area contributed by atoms with Crippen LogP contribution in [0.5, 0.6) is 0 Å². The molecule has 0 bridgehead atoms. The van der Waals surface area contributed by atoms with Gasteiger partial charge in [0, 0.05) is 29.5 Å². The zero-order valence-electron chi connectivity index (χ0n) is 15.6. The first-order chi connectivity index (χ1) is 13.6. The third-order valence-corrected chi connectivity index (χ3v) is 5.16. The summed E-state index contributed by atoms with van der Waals surface area (Å²) in [6.07, 6.45) is 3.30. The van der Waals surface area contributed by atoms with Gasteiger partial charge in [0.05, 0.1) is 0 Å². The Bertz CT molecular complexity index is 990. The van der Waals surface area contributed by atoms with Gasteiger partial charge in [-0.15, -0.1) is 0 Å². The molecule has 1 aromatic heterocycles. The first kappa shape index (κ1) is 18.4. The molecule has 142 valence electrons. The van der Waals surface area contributed by atoms with Crippen LogP contribution in [0.4, 0.5) is 11.6 Å². The Labute approximate surface area is 169 Å². The highest BCUT2D eigenvalue weighted by molar-refractivity contribution is 6.30. The van der Waals surface area contributed by atoms with Crippen LogP contribution in [0.15, 0.2) is 60.8 Å². The topological polar surface area (TPSA) is 58.1 Å². The average molecular weight is 393 g/mol. The van der Waals surface area contributed by atoms with Gasteiger partial charge in [0.25, 0.3) is 5.91 Å². The first-order valence-corrected chi connectivity index (χ1v) is 9.72. The maximum absolute atomic E-state index is 13.1. The minimum Gasteiger partial charge on any atom is -0.354 e. The number of rotatable bonds is 5. The Morgan fingerprint density at radius 2 is 1.96 bits per heavy atom. The van der Waals surface area contributed by atoms with E-state index in [0.717, 1.165) is 23.6 Å². The van der Waals surface area contributed by atoms with Crippen LogP contribution in [0.3, 0.4) is 0 Å². The van der Waals surface area contributed by atoms with Gasteiger partial charge >= 0.3 is 0 Å². The summed E-state index contributed by atoms with van der Waals surface area (Å²) < 4.78 is 0. The molecule has 3 aromatic rings. The van der Waals surface area contributed by atoms with Crippen molar-refractivity contribution in [3.8, 4) is 0 Å². The summed E-state index contributed by atoms with van der Waals surface area (Å²) in [5.41, 5.74) is 3.73. The van der Waals surface area contributed by atoms with E-state index in [4.69, 9.17) is 11.6 Å². The summed E-state index contributed by atoms with van der Waals surface area (Å²) in [6.45, 7) is 2.73.